The molecule has 0 spiro atoms. The van der Waals surface area contributed by atoms with Crippen LogP contribution in [0.25, 0.3) is 0 Å². The predicted octanol–water partition coefficient (Wildman–Crippen LogP) is 4.52. The van der Waals surface area contributed by atoms with Crippen LogP contribution in [-0.2, 0) is 17.8 Å². The van der Waals surface area contributed by atoms with Crippen LogP contribution in [0.15, 0.2) is 54.6 Å². The quantitative estimate of drug-likeness (QED) is 0.744. The number of halogens is 1. The van der Waals surface area contributed by atoms with E-state index in [0.29, 0.717) is 11.8 Å². The van der Waals surface area contributed by atoms with E-state index in [1.165, 1.54) is 17.7 Å². The van der Waals surface area contributed by atoms with Gasteiger partial charge in [0.25, 0.3) is 0 Å². The molecule has 2 aromatic carbocycles. The zero-order valence-corrected chi connectivity index (χ0v) is 17.1. The van der Waals surface area contributed by atoms with Gasteiger partial charge in [-0.25, -0.2) is 4.39 Å². The van der Waals surface area contributed by atoms with Gasteiger partial charge in [-0.05, 0) is 67.8 Å². The molecular formula is C25H31FN2O. The molecule has 2 aromatic rings. The molecule has 0 radical (unpaired) electrons. The maximum Gasteiger partial charge on any atom is 0.226 e. The van der Waals surface area contributed by atoms with E-state index in [1.54, 1.807) is 0 Å². The standard InChI is InChI=1S/C25H31FN2O/c26-24-10-8-22(9-11-24)18-27-14-4-7-23(19-27)25(29)28-15-12-21(13-16-28)17-20-5-2-1-3-6-20/h1-3,5-6,8-11,21,23H,4,7,12-19H2/t23-/m1/s1. The second-order valence-electron chi connectivity index (χ2n) is 8.66. The van der Waals surface area contributed by atoms with Crippen molar-refractivity contribution in [2.45, 2.75) is 38.6 Å². The van der Waals surface area contributed by atoms with Gasteiger partial charge in [0.2, 0.25) is 5.91 Å². The molecule has 0 aromatic heterocycles. The van der Waals surface area contributed by atoms with E-state index in [1.807, 2.05) is 12.1 Å². The molecule has 0 saturated carbocycles. The first-order chi connectivity index (χ1) is 14.2. The summed E-state index contributed by atoms with van der Waals surface area (Å²) in [5.41, 5.74) is 2.52. The van der Waals surface area contributed by atoms with Gasteiger partial charge in [-0.15, -0.1) is 0 Å². The van der Waals surface area contributed by atoms with Crippen molar-refractivity contribution in [1.82, 2.24) is 9.80 Å². The average molecular weight is 395 g/mol. The summed E-state index contributed by atoms with van der Waals surface area (Å²) in [6.45, 7) is 4.42. The van der Waals surface area contributed by atoms with Gasteiger partial charge in [0, 0.05) is 26.2 Å². The van der Waals surface area contributed by atoms with Crippen molar-refractivity contribution in [3.63, 3.8) is 0 Å². The smallest absolute Gasteiger partial charge is 0.226 e. The first-order valence-electron chi connectivity index (χ1n) is 11.0. The molecule has 0 unspecified atom stereocenters. The van der Waals surface area contributed by atoms with E-state index >= 15 is 0 Å². The van der Waals surface area contributed by atoms with Gasteiger partial charge in [0.05, 0.1) is 5.92 Å². The molecule has 2 heterocycles. The summed E-state index contributed by atoms with van der Waals surface area (Å²) < 4.78 is 13.1. The summed E-state index contributed by atoms with van der Waals surface area (Å²) in [6, 6.07) is 17.4. The minimum absolute atomic E-state index is 0.106. The van der Waals surface area contributed by atoms with Crippen molar-refractivity contribution >= 4 is 5.91 Å². The van der Waals surface area contributed by atoms with Gasteiger partial charge in [-0.1, -0.05) is 42.5 Å². The number of carbonyl (C=O) groups excluding carboxylic acids is 1. The van der Waals surface area contributed by atoms with Crippen LogP contribution in [0.2, 0.25) is 0 Å². The normalized spacial score (nSPS) is 21.3. The molecule has 2 aliphatic rings. The van der Waals surface area contributed by atoms with E-state index in [2.05, 4.69) is 40.1 Å². The largest absolute Gasteiger partial charge is 0.342 e. The van der Waals surface area contributed by atoms with Gasteiger partial charge < -0.3 is 4.90 Å². The fraction of sp³-hybridized carbons (Fsp3) is 0.480. The number of hydrogen-bond donors (Lipinski definition) is 0. The van der Waals surface area contributed by atoms with Gasteiger partial charge in [-0.2, -0.15) is 0 Å². The number of likely N-dealkylation sites (tertiary alicyclic amines) is 2. The Hall–Kier alpha value is -2.20. The maximum atomic E-state index is 13.1. The van der Waals surface area contributed by atoms with Crippen molar-refractivity contribution in [3.8, 4) is 0 Å². The molecule has 154 valence electrons. The summed E-state index contributed by atoms with van der Waals surface area (Å²) >= 11 is 0. The molecule has 29 heavy (non-hydrogen) atoms. The number of rotatable bonds is 5. The number of amides is 1. The molecule has 0 aliphatic carbocycles. The van der Waals surface area contributed by atoms with E-state index in [9.17, 15) is 9.18 Å². The Labute approximate surface area is 173 Å². The third-order valence-electron chi connectivity index (χ3n) is 6.47. The summed E-state index contributed by atoms with van der Waals surface area (Å²) in [6.07, 6.45) is 5.38. The lowest BCUT2D eigenvalue weighted by molar-refractivity contribution is -0.138. The third kappa shape index (κ3) is 5.45. The predicted molar refractivity (Wildman–Crippen MR) is 114 cm³/mol. The topological polar surface area (TPSA) is 23.6 Å². The highest BCUT2D eigenvalue weighted by molar-refractivity contribution is 5.79. The van der Waals surface area contributed by atoms with Gasteiger partial charge in [0.15, 0.2) is 0 Å². The van der Waals surface area contributed by atoms with E-state index in [-0.39, 0.29) is 11.7 Å². The van der Waals surface area contributed by atoms with Crippen LogP contribution in [0, 0.1) is 17.7 Å². The minimum Gasteiger partial charge on any atom is -0.342 e. The summed E-state index contributed by atoms with van der Waals surface area (Å²) in [5, 5.41) is 0. The second kappa shape index (κ2) is 9.53. The van der Waals surface area contributed by atoms with E-state index in [4.69, 9.17) is 0 Å². The van der Waals surface area contributed by atoms with Gasteiger partial charge >= 0.3 is 0 Å². The molecule has 0 bridgehead atoms. The Morgan fingerprint density at radius 2 is 1.62 bits per heavy atom. The Bertz CT molecular complexity index is 784. The summed E-state index contributed by atoms with van der Waals surface area (Å²) in [7, 11) is 0. The fourth-order valence-electron chi connectivity index (χ4n) is 4.81. The van der Waals surface area contributed by atoms with Crippen molar-refractivity contribution in [1.29, 1.82) is 0 Å². The molecule has 2 aliphatic heterocycles. The minimum atomic E-state index is -0.198. The van der Waals surface area contributed by atoms with E-state index in [0.717, 1.165) is 70.4 Å². The molecular weight excluding hydrogens is 363 g/mol. The fourth-order valence-corrected chi connectivity index (χ4v) is 4.81. The SMILES string of the molecule is O=C([C@@H]1CCCN(Cc2ccc(F)cc2)C1)N1CCC(Cc2ccccc2)CC1. The van der Waals surface area contributed by atoms with Crippen molar-refractivity contribution < 1.29 is 9.18 Å². The average Bonchev–Trinajstić information content (AvgIpc) is 2.76. The van der Waals surface area contributed by atoms with Crippen LogP contribution in [0.5, 0.6) is 0 Å². The number of nitrogens with zero attached hydrogens (tertiary/aromatic N) is 2. The Kier molecular flexibility index (Phi) is 6.60. The number of benzene rings is 2. The molecule has 0 N–H and O–H groups in total. The lowest BCUT2D eigenvalue weighted by Crippen LogP contribution is -2.47. The Balaban J connectivity index is 1.26. The highest BCUT2D eigenvalue weighted by Crippen LogP contribution is 2.26. The van der Waals surface area contributed by atoms with Crippen LogP contribution >= 0.6 is 0 Å². The highest BCUT2D eigenvalue weighted by atomic mass is 19.1. The van der Waals surface area contributed by atoms with Crippen LogP contribution in [0.4, 0.5) is 4.39 Å². The number of carbonyl (C=O) groups is 1. The van der Waals surface area contributed by atoms with Crippen molar-refractivity contribution in [2.24, 2.45) is 11.8 Å². The molecule has 4 heteroatoms. The van der Waals surface area contributed by atoms with E-state index < -0.39 is 0 Å². The zero-order valence-electron chi connectivity index (χ0n) is 17.1. The lowest BCUT2D eigenvalue weighted by atomic mass is 9.89. The molecule has 3 nitrogen and oxygen atoms in total. The highest BCUT2D eigenvalue weighted by Gasteiger charge is 2.31. The molecule has 4 rings (SSSR count). The van der Waals surface area contributed by atoms with Crippen molar-refractivity contribution in [3.05, 3.63) is 71.5 Å². The molecule has 1 amide bonds. The zero-order chi connectivity index (χ0) is 20.1. The van der Waals surface area contributed by atoms with Crippen molar-refractivity contribution in [2.75, 3.05) is 26.2 Å². The van der Waals surface area contributed by atoms with Crippen LogP contribution in [0.1, 0.15) is 36.8 Å². The molecule has 1 atom stereocenters. The first kappa shape index (κ1) is 20.1. The third-order valence-corrected chi connectivity index (χ3v) is 6.47. The molecule has 2 saturated heterocycles. The summed E-state index contributed by atoms with van der Waals surface area (Å²) in [4.78, 5) is 17.6. The lowest BCUT2D eigenvalue weighted by Gasteiger charge is -2.38. The number of hydrogen-bond acceptors (Lipinski definition) is 2. The van der Waals surface area contributed by atoms with Crippen LogP contribution < -0.4 is 0 Å². The Morgan fingerprint density at radius 1 is 0.897 bits per heavy atom. The second-order valence-corrected chi connectivity index (χ2v) is 8.66. The maximum absolute atomic E-state index is 13.1. The van der Waals surface area contributed by atoms with Gasteiger partial charge in [0.1, 0.15) is 5.82 Å². The van der Waals surface area contributed by atoms with Gasteiger partial charge in [-0.3, -0.25) is 9.69 Å². The van der Waals surface area contributed by atoms with Crippen LogP contribution in [-0.4, -0.2) is 41.9 Å². The summed E-state index contributed by atoms with van der Waals surface area (Å²) in [5.74, 6) is 0.931. The first-order valence-corrected chi connectivity index (χ1v) is 11.0. The van der Waals surface area contributed by atoms with Crippen LogP contribution in [0.3, 0.4) is 0 Å². The molecule has 2 fully saturated rings. The number of piperidine rings is 2. The monoisotopic (exact) mass is 394 g/mol. The Morgan fingerprint density at radius 3 is 2.34 bits per heavy atom.